The van der Waals surface area contributed by atoms with Crippen molar-refractivity contribution in [3.63, 3.8) is 0 Å². The number of phenolic OH excluding ortho intramolecular Hbond substituents is 2. The van der Waals surface area contributed by atoms with Gasteiger partial charge >= 0.3 is 11.9 Å². The Morgan fingerprint density at radius 2 is 0.959 bits per heavy atom. The summed E-state index contributed by atoms with van der Waals surface area (Å²) in [5.74, 6) is -4.04. The van der Waals surface area contributed by atoms with Crippen LogP contribution in [0.3, 0.4) is 0 Å². The van der Waals surface area contributed by atoms with Gasteiger partial charge < -0.3 is 39.3 Å². The van der Waals surface area contributed by atoms with Gasteiger partial charge in [0.15, 0.2) is 24.7 Å². The first kappa shape index (κ1) is 54.3. The lowest BCUT2D eigenvalue weighted by Crippen LogP contribution is -2.42. The fraction of sp³-hybridized carbons (Fsp3) is 0.231. The summed E-state index contributed by atoms with van der Waals surface area (Å²) in [6.07, 6.45) is 1.70. The standard InChI is InChI=1S/C28H29ClN2O7S.C24H21ClN2O7S/c1-28(2,3)38-25(32)17-37-23-11-10-19(18-8-5-4-6-9-18)15-22(23)30-39(35,36)24-16-20(14-21(29)26(24)33)27(34)31-12-7-13-31;25-18-11-17(24(31)27-9-4-10-27)13-21(23(18)30)35(32,33)26-19-12-16(15-5-2-1-3-6-15)7-8-20(19)34-14-22(28)29/h4-6,8-11,14-16,30,33H,7,12-13,17H2,1-3H3;1-3,5-8,11-13,26,30H,4,9-10,14H2,(H,28,29). The number of ether oxygens (including phenoxy) is 3. The number of anilines is 2. The number of esters is 1. The smallest absolute Gasteiger partial charge is 0.344 e. The highest BCUT2D eigenvalue weighted by Gasteiger charge is 2.31. The number of halogens is 2. The molecule has 0 atom stereocenters. The number of carbonyl (C=O) groups excluding carboxylic acids is 3. The van der Waals surface area contributed by atoms with Crippen molar-refractivity contribution in [2.45, 2.75) is 49.0 Å². The van der Waals surface area contributed by atoms with Crippen molar-refractivity contribution < 1.29 is 65.5 Å². The number of rotatable bonds is 16. The van der Waals surface area contributed by atoms with Crippen LogP contribution < -0.4 is 18.9 Å². The number of carbonyl (C=O) groups is 4. The molecule has 388 valence electrons. The van der Waals surface area contributed by atoms with E-state index in [4.69, 9.17) is 42.5 Å². The summed E-state index contributed by atoms with van der Waals surface area (Å²) >= 11 is 12.2. The molecule has 2 heterocycles. The molecular weight excluding hydrogens is 1040 g/mol. The minimum absolute atomic E-state index is 0.00917. The summed E-state index contributed by atoms with van der Waals surface area (Å²) in [6, 6.07) is 32.3. The van der Waals surface area contributed by atoms with Gasteiger partial charge in [0.25, 0.3) is 31.9 Å². The first-order valence-corrected chi connectivity index (χ1v) is 26.5. The van der Waals surface area contributed by atoms with Crippen LogP contribution in [0.25, 0.3) is 22.3 Å². The summed E-state index contributed by atoms with van der Waals surface area (Å²) in [5.41, 5.74) is 2.19. The van der Waals surface area contributed by atoms with E-state index in [1.807, 2.05) is 60.7 Å². The number of nitrogens with one attached hydrogen (secondary N) is 2. The second-order valence-corrected chi connectivity index (χ2v) is 21.9. The number of nitrogens with zero attached hydrogens (tertiary/aromatic N) is 2. The van der Waals surface area contributed by atoms with Crippen LogP contribution in [0.4, 0.5) is 11.4 Å². The molecule has 0 radical (unpaired) electrons. The average molecular weight is 1090 g/mol. The summed E-state index contributed by atoms with van der Waals surface area (Å²) in [7, 11) is -8.96. The van der Waals surface area contributed by atoms with Crippen LogP contribution in [0.15, 0.2) is 131 Å². The zero-order chi connectivity index (χ0) is 53.5. The number of amides is 2. The molecule has 18 nitrogen and oxygen atoms in total. The topological polar surface area (TPSA) is 255 Å². The normalized spacial score (nSPS) is 13.3. The van der Waals surface area contributed by atoms with Crippen LogP contribution in [0.5, 0.6) is 23.0 Å². The van der Waals surface area contributed by atoms with Gasteiger partial charge in [0.05, 0.1) is 21.4 Å². The lowest BCUT2D eigenvalue weighted by Gasteiger charge is -2.31. The number of sulfonamides is 2. The molecule has 74 heavy (non-hydrogen) atoms. The SMILES string of the molecule is CC(C)(C)OC(=O)COc1ccc(-c2ccccc2)cc1NS(=O)(=O)c1cc(C(=O)N2CCC2)cc(Cl)c1O.O=C(O)COc1ccc(-c2ccccc2)cc1NS(=O)(=O)c1cc(C(=O)N2CCC2)cc(Cl)c1O. The first-order chi connectivity index (χ1) is 35.0. The summed E-state index contributed by atoms with van der Waals surface area (Å²) in [5, 5.41) is 29.4. The number of carboxylic acid groups (broad SMARTS) is 1. The zero-order valence-electron chi connectivity index (χ0n) is 40.0. The maximum Gasteiger partial charge on any atom is 0.344 e. The quantitative estimate of drug-likeness (QED) is 0.0568. The molecule has 2 aliphatic heterocycles. The third-order valence-electron chi connectivity index (χ3n) is 11.2. The molecule has 5 N–H and O–H groups in total. The number of hydrogen-bond donors (Lipinski definition) is 5. The Morgan fingerprint density at radius 3 is 1.31 bits per heavy atom. The predicted octanol–water partition coefficient (Wildman–Crippen LogP) is 8.90. The van der Waals surface area contributed by atoms with Crippen LogP contribution in [-0.4, -0.2) is 111 Å². The fourth-order valence-corrected chi connectivity index (χ4v) is 10.3. The Morgan fingerprint density at radius 1 is 0.568 bits per heavy atom. The van der Waals surface area contributed by atoms with E-state index in [-0.39, 0.29) is 50.0 Å². The highest BCUT2D eigenvalue weighted by molar-refractivity contribution is 7.93. The molecule has 0 aromatic heterocycles. The van der Waals surface area contributed by atoms with Gasteiger partial charge in [-0.15, -0.1) is 0 Å². The van der Waals surface area contributed by atoms with Gasteiger partial charge in [-0.25, -0.2) is 26.4 Å². The van der Waals surface area contributed by atoms with Crippen molar-refractivity contribution in [3.8, 4) is 45.3 Å². The molecule has 0 saturated carbocycles. The molecule has 2 saturated heterocycles. The maximum atomic E-state index is 13.5. The van der Waals surface area contributed by atoms with Crippen LogP contribution in [0.1, 0.15) is 54.3 Å². The van der Waals surface area contributed by atoms with Gasteiger partial charge in [0.2, 0.25) is 0 Å². The Bertz CT molecular complexity index is 3330. The lowest BCUT2D eigenvalue weighted by molar-refractivity contribution is -0.157. The molecule has 6 aromatic rings. The van der Waals surface area contributed by atoms with Crippen molar-refractivity contribution in [1.29, 1.82) is 0 Å². The van der Waals surface area contributed by atoms with E-state index in [1.54, 1.807) is 43.9 Å². The molecule has 0 bridgehead atoms. The molecular formula is C52H50Cl2N4O14S2. The van der Waals surface area contributed by atoms with Crippen LogP contribution in [-0.2, 0) is 34.4 Å². The Kier molecular flexibility index (Phi) is 16.7. The Balaban J connectivity index is 0.000000217. The van der Waals surface area contributed by atoms with E-state index < -0.39 is 78.0 Å². The monoisotopic (exact) mass is 1090 g/mol. The number of carboxylic acids is 1. The molecule has 2 fully saturated rings. The number of aromatic hydroxyl groups is 2. The van der Waals surface area contributed by atoms with Crippen LogP contribution in [0.2, 0.25) is 10.0 Å². The number of phenols is 2. The summed E-state index contributed by atoms with van der Waals surface area (Å²) < 4.78 is 74.6. The van der Waals surface area contributed by atoms with Gasteiger partial charge in [-0.05, 0) is 104 Å². The minimum atomic E-state index is -4.48. The van der Waals surface area contributed by atoms with Crippen molar-refractivity contribution in [2.75, 3.05) is 48.8 Å². The zero-order valence-corrected chi connectivity index (χ0v) is 43.1. The summed E-state index contributed by atoms with van der Waals surface area (Å²) in [4.78, 5) is 50.5. The maximum absolute atomic E-state index is 13.5. The second-order valence-electron chi connectivity index (χ2n) is 17.8. The largest absolute Gasteiger partial charge is 0.505 e. The molecule has 0 aliphatic carbocycles. The highest BCUT2D eigenvalue weighted by atomic mass is 35.5. The van der Waals surface area contributed by atoms with E-state index in [0.717, 1.165) is 36.1 Å². The average Bonchev–Trinajstić information content (AvgIpc) is 3.31. The number of aliphatic carboxylic acids is 1. The highest BCUT2D eigenvalue weighted by Crippen LogP contribution is 2.39. The predicted molar refractivity (Wildman–Crippen MR) is 277 cm³/mol. The van der Waals surface area contributed by atoms with Crippen LogP contribution >= 0.6 is 23.2 Å². The molecule has 22 heteroatoms. The third kappa shape index (κ3) is 13.4. The van der Waals surface area contributed by atoms with Crippen molar-refractivity contribution in [3.05, 3.63) is 142 Å². The minimum Gasteiger partial charge on any atom is -0.505 e. The van der Waals surface area contributed by atoms with Crippen LogP contribution in [0, 0.1) is 0 Å². The van der Waals surface area contributed by atoms with Gasteiger partial charge in [0, 0.05) is 37.3 Å². The Labute approximate surface area is 437 Å². The number of hydrogen-bond acceptors (Lipinski definition) is 13. The first-order valence-electron chi connectivity index (χ1n) is 22.8. The van der Waals surface area contributed by atoms with Gasteiger partial charge in [-0.2, -0.15) is 0 Å². The molecule has 8 rings (SSSR count). The molecule has 6 aromatic carbocycles. The third-order valence-corrected chi connectivity index (χ3v) is 14.5. The number of benzene rings is 6. The second kappa shape index (κ2) is 22.7. The summed E-state index contributed by atoms with van der Waals surface area (Å²) in [6.45, 7) is 6.21. The fourth-order valence-electron chi connectivity index (χ4n) is 7.35. The molecule has 0 spiro atoms. The van der Waals surface area contributed by atoms with Crippen molar-refractivity contribution >= 4 is 78.4 Å². The number of likely N-dealkylation sites (tertiary alicyclic amines) is 2. The van der Waals surface area contributed by atoms with Gasteiger partial charge in [-0.3, -0.25) is 19.0 Å². The van der Waals surface area contributed by atoms with E-state index in [9.17, 15) is 46.2 Å². The molecule has 0 unspecified atom stereocenters. The van der Waals surface area contributed by atoms with Gasteiger partial charge in [-0.1, -0.05) is 96.0 Å². The van der Waals surface area contributed by atoms with Gasteiger partial charge in [0.1, 0.15) is 26.9 Å². The molecule has 2 aliphatic rings. The van der Waals surface area contributed by atoms with E-state index in [2.05, 4.69) is 9.44 Å². The van der Waals surface area contributed by atoms with E-state index in [1.165, 1.54) is 35.2 Å². The molecule has 2 amide bonds. The van der Waals surface area contributed by atoms with E-state index >= 15 is 0 Å². The van der Waals surface area contributed by atoms with Crippen molar-refractivity contribution in [2.24, 2.45) is 0 Å². The lowest BCUT2D eigenvalue weighted by atomic mass is 10.1. The van der Waals surface area contributed by atoms with Crippen molar-refractivity contribution in [1.82, 2.24) is 9.80 Å². The van der Waals surface area contributed by atoms with E-state index in [0.29, 0.717) is 37.3 Å². The Hall–Kier alpha value is -7.52.